The Morgan fingerprint density at radius 2 is 1.97 bits per heavy atom. The molecule has 1 fully saturated rings. The predicted molar refractivity (Wildman–Crippen MR) is 127 cm³/mol. The molecule has 172 valence electrons. The van der Waals surface area contributed by atoms with E-state index >= 15 is 0 Å². The van der Waals surface area contributed by atoms with Crippen molar-refractivity contribution in [3.05, 3.63) is 47.0 Å². The van der Waals surface area contributed by atoms with Gasteiger partial charge in [0.25, 0.3) is 0 Å². The molecule has 0 radical (unpaired) electrons. The van der Waals surface area contributed by atoms with Crippen LogP contribution in [0.25, 0.3) is 0 Å². The number of aliphatic hydroxyl groups excluding tert-OH is 1. The summed E-state index contributed by atoms with van der Waals surface area (Å²) in [5.41, 5.74) is 6.35. The predicted octanol–water partition coefficient (Wildman–Crippen LogP) is 5.45. The van der Waals surface area contributed by atoms with Crippen LogP contribution in [0.3, 0.4) is 0 Å². The molecule has 3 rings (SSSR count). The summed E-state index contributed by atoms with van der Waals surface area (Å²) in [6.45, 7) is 4.01. The van der Waals surface area contributed by atoms with Gasteiger partial charge in [0.05, 0.1) is 18.9 Å². The van der Waals surface area contributed by atoms with Gasteiger partial charge in [-0.25, -0.2) is 9.37 Å². The zero-order valence-corrected chi connectivity index (χ0v) is 19.7. The SMILES string of the molecule is CC.COc1cc(OCc2ccnc(Cl)c2F)ccc1NC(N)=S.OC1CCCCC1. The number of benzene rings is 1. The number of nitrogens with two attached hydrogens (primary N) is 1. The number of hydrogen-bond acceptors (Lipinski definition) is 5. The van der Waals surface area contributed by atoms with Crippen LogP contribution >= 0.6 is 23.8 Å². The summed E-state index contributed by atoms with van der Waals surface area (Å²) in [6, 6.07) is 6.52. The lowest BCUT2D eigenvalue weighted by atomic mass is 9.98. The first-order chi connectivity index (χ1) is 14.9. The highest BCUT2D eigenvalue weighted by molar-refractivity contribution is 7.80. The minimum absolute atomic E-state index is 0.0132. The van der Waals surface area contributed by atoms with E-state index in [2.05, 4.69) is 10.3 Å². The molecule has 0 amide bonds. The maximum Gasteiger partial charge on any atom is 0.168 e. The van der Waals surface area contributed by atoms with E-state index in [0.29, 0.717) is 22.7 Å². The van der Waals surface area contributed by atoms with E-state index in [0.717, 1.165) is 12.8 Å². The summed E-state index contributed by atoms with van der Waals surface area (Å²) in [5.74, 6) is 0.402. The molecule has 4 N–H and O–H groups in total. The Bertz CT molecular complexity index is 821. The van der Waals surface area contributed by atoms with Gasteiger partial charge >= 0.3 is 0 Å². The highest BCUT2D eigenvalue weighted by Crippen LogP contribution is 2.29. The maximum atomic E-state index is 13.7. The number of nitrogens with one attached hydrogen (secondary N) is 1. The molecule has 0 bridgehead atoms. The second-order valence-electron chi connectivity index (χ2n) is 6.51. The number of rotatable bonds is 5. The molecule has 9 heteroatoms. The Morgan fingerprint density at radius 3 is 2.52 bits per heavy atom. The van der Waals surface area contributed by atoms with Crippen LogP contribution < -0.4 is 20.5 Å². The molecule has 1 aliphatic carbocycles. The number of methoxy groups -OCH3 is 1. The Kier molecular flexibility index (Phi) is 12.8. The van der Waals surface area contributed by atoms with Crippen LogP contribution in [0.4, 0.5) is 10.1 Å². The molecular formula is C22H31ClFN3O3S. The van der Waals surface area contributed by atoms with E-state index in [1.807, 2.05) is 13.8 Å². The van der Waals surface area contributed by atoms with Gasteiger partial charge in [-0.15, -0.1) is 0 Å². The fourth-order valence-corrected chi connectivity index (χ4v) is 3.09. The van der Waals surface area contributed by atoms with Gasteiger partial charge in [0.15, 0.2) is 16.1 Å². The second-order valence-corrected chi connectivity index (χ2v) is 7.30. The van der Waals surface area contributed by atoms with Gasteiger partial charge in [-0.3, -0.25) is 0 Å². The molecule has 0 atom stereocenters. The summed E-state index contributed by atoms with van der Waals surface area (Å²) in [5, 5.41) is 11.6. The minimum atomic E-state index is -0.595. The van der Waals surface area contributed by atoms with Gasteiger partial charge < -0.3 is 25.6 Å². The van der Waals surface area contributed by atoms with E-state index < -0.39 is 5.82 Å². The first kappa shape index (κ1) is 26.9. The van der Waals surface area contributed by atoms with Crippen LogP contribution in [-0.4, -0.2) is 28.4 Å². The molecule has 0 aliphatic heterocycles. The first-order valence-corrected chi connectivity index (χ1v) is 11.0. The van der Waals surface area contributed by atoms with Crippen molar-refractivity contribution >= 4 is 34.6 Å². The van der Waals surface area contributed by atoms with Crippen molar-refractivity contribution in [2.24, 2.45) is 5.73 Å². The zero-order valence-electron chi connectivity index (χ0n) is 18.2. The number of aliphatic hydroxyl groups is 1. The quantitative estimate of drug-likeness (QED) is 0.394. The van der Waals surface area contributed by atoms with Crippen LogP contribution in [0.2, 0.25) is 5.15 Å². The molecule has 6 nitrogen and oxygen atoms in total. The van der Waals surface area contributed by atoms with E-state index in [9.17, 15) is 4.39 Å². The van der Waals surface area contributed by atoms with Gasteiger partial charge in [-0.1, -0.05) is 44.7 Å². The Hall–Kier alpha value is -2.16. The van der Waals surface area contributed by atoms with Gasteiger partial charge in [-0.05, 0) is 43.3 Å². The molecule has 1 heterocycles. The Morgan fingerprint density at radius 1 is 1.29 bits per heavy atom. The van der Waals surface area contributed by atoms with E-state index in [4.69, 9.17) is 44.1 Å². The van der Waals surface area contributed by atoms with Crippen molar-refractivity contribution in [2.75, 3.05) is 12.4 Å². The summed E-state index contributed by atoms with van der Waals surface area (Å²) in [7, 11) is 1.51. The zero-order chi connectivity index (χ0) is 23.2. The van der Waals surface area contributed by atoms with Crippen LogP contribution in [0.1, 0.15) is 51.5 Å². The average molecular weight is 472 g/mol. The van der Waals surface area contributed by atoms with Crippen molar-refractivity contribution in [3.8, 4) is 11.5 Å². The molecule has 0 saturated heterocycles. The number of ether oxygens (including phenoxy) is 2. The fourth-order valence-electron chi connectivity index (χ4n) is 2.81. The van der Waals surface area contributed by atoms with Crippen molar-refractivity contribution in [2.45, 2.75) is 58.7 Å². The molecule has 1 saturated carbocycles. The fraction of sp³-hybridized carbons (Fsp3) is 0.455. The minimum Gasteiger partial charge on any atom is -0.494 e. The lowest BCUT2D eigenvalue weighted by molar-refractivity contribution is 0.130. The van der Waals surface area contributed by atoms with Crippen LogP contribution in [0.5, 0.6) is 11.5 Å². The van der Waals surface area contributed by atoms with E-state index in [1.54, 1.807) is 18.2 Å². The normalized spacial score (nSPS) is 13.1. The summed E-state index contributed by atoms with van der Waals surface area (Å²) < 4.78 is 24.5. The number of thiocarbonyl (C=S) groups is 1. The smallest absolute Gasteiger partial charge is 0.168 e. The van der Waals surface area contributed by atoms with Crippen molar-refractivity contribution in [1.82, 2.24) is 4.98 Å². The highest BCUT2D eigenvalue weighted by atomic mass is 35.5. The molecule has 0 unspecified atom stereocenters. The third-order valence-electron chi connectivity index (χ3n) is 4.33. The van der Waals surface area contributed by atoms with Crippen molar-refractivity contribution in [1.29, 1.82) is 0 Å². The summed E-state index contributed by atoms with van der Waals surface area (Å²) in [6.07, 6.45) is 7.34. The molecule has 2 aromatic rings. The van der Waals surface area contributed by atoms with E-state index in [1.165, 1.54) is 38.6 Å². The average Bonchev–Trinajstić information content (AvgIpc) is 2.77. The second kappa shape index (κ2) is 14.8. The topological polar surface area (TPSA) is 89.6 Å². The molecule has 0 spiro atoms. The van der Waals surface area contributed by atoms with Crippen LogP contribution in [0, 0.1) is 5.82 Å². The molecular weight excluding hydrogens is 441 g/mol. The third-order valence-corrected chi connectivity index (χ3v) is 4.69. The van der Waals surface area contributed by atoms with E-state index in [-0.39, 0.29) is 23.0 Å². The number of nitrogens with zero attached hydrogens (tertiary/aromatic N) is 1. The van der Waals surface area contributed by atoms with Gasteiger partial charge in [-0.2, -0.15) is 0 Å². The number of aromatic nitrogens is 1. The number of hydrogen-bond donors (Lipinski definition) is 3. The number of pyridine rings is 1. The van der Waals surface area contributed by atoms with Gasteiger partial charge in [0.2, 0.25) is 0 Å². The van der Waals surface area contributed by atoms with Crippen LogP contribution in [-0.2, 0) is 6.61 Å². The summed E-state index contributed by atoms with van der Waals surface area (Å²) >= 11 is 10.4. The Labute approximate surface area is 193 Å². The highest BCUT2D eigenvalue weighted by Gasteiger charge is 2.10. The van der Waals surface area contributed by atoms with Crippen molar-refractivity contribution in [3.63, 3.8) is 0 Å². The number of halogens is 2. The number of anilines is 1. The lowest BCUT2D eigenvalue weighted by Gasteiger charge is -2.14. The van der Waals surface area contributed by atoms with Gasteiger partial charge in [0, 0.05) is 17.8 Å². The lowest BCUT2D eigenvalue weighted by Crippen LogP contribution is -2.19. The van der Waals surface area contributed by atoms with Crippen molar-refractivity contribution < 1.29 is 19.0 Å². The van der Waals surface area contributed by atoms with Gasteiger partial charge in [0.1, 0.15) is 18.1 Å². The molecule has 31 heavy (non-hydrogen) atoms. The molecule has 1 aromatic heterocycles. The van der Waals surface area contributed by atoms with Crippen LogP contribution in [0.15, 0.2) is 30.5 Å². The molecule has 1 aliphatic rings. The first-order valence-electron chi connectivity index (χ1n) is 10.2. The standard InChI is InChI=1S/C14H13ClFN3O2S.C6H12O.C2H6/c1-20-11-6-9(2-3-10(11)19-14(17)22)21-7-8-4-5-18-13(15)12(8)16;7-6-4-2-1-3-5-6;1-2/h2-6H,7H2,1H3,(H3,17,19,22);6-7H,1-5H2;1-2H3. The maximum absolute atomic E-state index is 13.7. The summed E-state index contributed by atoms with van der Waals surface area (Å²) in [4.78, 5) is 3.64. The Balaban J connectivity index is 0.000000447. The monoisotopic (exact) mass is 471 g/mol. The largest absolute Gasteiger partial charge is 0.494 e. The third kappa shape index (κ3) is 9.67. The molecule has 1 aromatic carbocycles.